The molecule has 72 valence electrons. The number of nitrogens with zero attached hydrogens (tertiary/aromatic N) is 1. The average Bonchev–Trinajstić information content (AvgIpc) is 2.67. The molecule has 2 heteroatoms. The molecule has 1 aliphatic carbocycles. The molecule has 0 bridgehead atoms. The van der Waals surface area contributed by atoms with Crippen molar-refractivity contribution in [1.29, 1.82) is 0 Å². The Hall–Kier alpha value is -1.96. The lowest BCUT2D eigenvalue weighted by molar-refractivity contribution is 1.26. The van der Waals surface area contributed by atoms with Gasteiger partial charge >= 0.3 is 0 Å². The van der Waals surface area contributed by atoms with Crippen LogP contribution in [0.2, 0.25) is 0 Å². The third kappa shape index (κ3) is 1.11. The number of hydrogen-bond acceptors (Lipinski definition) is 2. The highest BCUT2D eigenvalue weighted by atomic mass is 16.3. The van der Waals surface area contributed by atoms with E-state index in [1.54, 1.807) is 6.07 Å². The monoisotopic (exact) mass is 195 g/mol. The quantitative estimate of drug-likeness (QED) is 0.545. The molecular formula is C13H9NO. The second kappa shape index (κ2) is 3.02. The first-order valence-corrected chi connectivity index (χ1v) is 4.93. The number of rotatable bonds is 1. The first kappa shape index (κ1) is 8.36. The van der Waals surface area contributed by atoms with Crippen molar-refractivity contribution in [2.45, 2.75) is 6.42 Å². The summed E-state index contributed by atoms with van der Waals surface area (Å²) in [5.41, 5.74) is 5.21. The van der Waals surface area contributed by atoms with Crippen molar-refractivity contribution >= 4 is 5.69 Å². The zero-order valence-electron chi connectivity index (χ0n) is 8.10. The van der Waals surface area contributed by atoms with Gasteiger partial charge in [-0.1, -0.05) is 36.4 Å². The van der Waals surface area contributed by atoms with Crippen LogP contribution >= 0.6 is 0 Å². The van der Waals surface area contributed by atoms with Gasteiger partial charge in [-0.2, -0.15) is 0 Å². The summed E-state index contributed by atoms with van der Waals surface area (Å²) in [6, 6.07) is 13.9. The van der Waals surface area contributed by atoms with Crippen LogP contribution in [0.15, 0.2) is 47.6 Å². The Labute approximate surface area is 87.5 Å². The summed E-state index contributed by atoms with van der Waals surface area (Å²) in [5.74, 6) is 0. The lowest BCUT2D eigenvalue weighted by Gasteiger charge is -2.01. The molecule has 0 atom stereocenters. The van der Waals surface area contributed by atoms with E-state index in [0.29, 0.717) is 5.69 Å². The molecule has 2 aromatic carbocycles. The Morgan fingerprint density at radius 2 is 1.73 bits per heavy atom. The SMILES string of the molecule is O=Nc1cccc2c1-c1ccccc1C2. The highest BCUT2D eigenvalue weighted by molar-refractivity contribution is 5.85. The molecule has 0 amide bonds. The molecule has 0 saturated carbocycles. The van der Waals surface area contributed by atoms with E-state index >= 15 is 0 Å². The molecule has 0 aromatic heterocycles. The zero-order valence-corrected chi connectivity index (χ0v) is 8.10. The summed E-state index contributed by atoms with van der Waals surface area (Å²) >= 11 is 0. The Kier molecular flexibility index (Phi) is 1.68. The smallest absolute Gasteiger partial charge is 0.116 e. The van der Waals surface area contributed by atoms with Gasteiger partial charge in [-0.25, -0.2) is 0 Å². The third-order valence-corrected chi connectivity index (χ3v) is 2.89. The molecule has 3 rings (SSSR count). The first-order chi connectivity index (χ1) is 7.40. The summed E-state index contributed by atoms with van der Waals surface area (Å²) in [5, 5.41) is 3.09. The summed E-state index contributed by atoms with van der Waals surface area (Å²) < 4.78 is 0. The van der Waals surface area contributed by atoms with Gasteiger partial charge in [-0.15, -0.1) is 4.91 Å². The molecule has 1 aliphatic rings. The van der Waals surface area contributed by atoms with Crippen LogP contribution in [0.3, 0.4) is 0 Å². The maximum atomic E-state index is 10.7. The van der Waals surface area contributed by atoms with Crippen molar-refractivity contribution in [3.63, 3.8) is 0 Å². The van der Waals surface area contributed by atoms with E-state index in [2.05, 4.69) is 23.4 Å². The Morgan fingerprint density at radius 3 is 2.60 bits per heavy atom. The number of benzene rings is 2. The molecule has 0 radical (unpaired) electrons. The summed E-state index contributed by atoms with van der Waals surface area (Å²) in [6.45, 7) is 0. The molecule has 0 aliphatic heterocycles. The molecule has 0 saturated heterocycles. The summed E-state index contributed by atoms with van der Waals surface area (Å²) in [7, 11) is 0. The van der Waals surface area contributed by atoms with Crippen LogP contribution in [0.5, 0.6) is 0 Å². The second-order valence-electron chi connectivity index (χ2n) is 3.74. The molecule has 2 aromatic rings. The van der Waals surface area contributed by atoms with Crippen LogP contribution in [-0.4, -0.2) is 0 Å². The Bertz CT molecular complexity index is 546. The van der Waals surface area contributed by atoms with E-state index in [4.69, 9.17) is 0 Å². The minimum Gasteiger partial charge on any atom is -0.145 e. The fourth-order valence-electron chi connectivity index (χ4n) is 2.24. The fraction of sp³-hybridized carbons (Fsp3) is 0.0769. The zero-order chi connectivity index (χ0) is 10.3. The van der Waals surface area contributed by atoms with Gasteiger partial charge in [0.2, 0.25) is 0 Å². The van der Waals surface area contributed by atoms with E-state index in [9.17, 15) is 4.91 Å². The maximum absolute atomic E-state index is 10.7. The molecule has 2 nitrogen and oxygen atoms in total. The van der Waals surface area contributed by atoms with Crippen LogP contribution in [-0.2, 0) is 6.42 Å². The second-order valence-corrected chi connectivity index (χ2v) is 3.74. The summed E-state index contributed by atoms with van der Waals surface area (Å²) in [6.07, 6.45) is 0.912. The minimum atomic E-state index is 0.553. The normalized spacial score (nSPS) is 12.0. The van der Waals surface area contributed by atoms with Gasteiger partial charge in [0.25, 0.3) is 0 Å². The Balaban J connectivity index is 2.35. The lowest BCUT2D eigenvalue weighted by atomic mass is 10.0. The number of fused-ring (bicyclic) bond motifs is 3. The van der Waals surface area contributed by atoms with Gasteiger partial charge in [-0.05, 0) is 34.4 Å². The number of hydrogen-bond donors (Lipinski definition) is 0. The van der Waals surface area contributed by atoms with Gasteiger partial charge in [0.15, 0.2) is 0 Å². The van der Waals surface area contributed by atoms with Crippen molar-refractivity contribution in [2.75, 3.05) is 0 Å². The highest BCUT2D eigenvalue weighted by Gasteiger charge is 2.20. The van der Waals surface area contributed by atoms with Crippen LogP contribution in [0.1, 0.15) is 11.1 Å². The van der Waals surface area contributed by atoms with Crippen LogP contribution in [0.25, 0.3) is 11.1 Å². The van der Waals surface area contributed by atoms with Crippen LogP contribution in [0.4, 0.5) is 5.69 Å². The summed E-state index contributed by atoms with van der Waals surface area (Å²) in [4.78, 5) is 10.7. The van der Waals surface area contributed by atoms with E-state index in [1.165, 1.54) is 11.1 Å². The van der Waals surface area contributed by atoms with Crippen LogP contribution < -0.4 is 0 Å². The predicted molar refractivity (Wildman–Crippen MR) is 60.1 cm³/mol. The molecule has 0 N–H and O–H groups in total. The van der Waals surface area contributed by atoms with E-state index in [-0.39, 0.29) is 0 Å². The average molecular weight is 195 g/mol. The van der Waals surface area contributed by atoms with Crippen LogP contribution in [0, 0.1) is 4.91 Å². The van der Waals surface area contributed by atoms with Gasteiger partial charge in [0.1, 0.15) is 5.69 Å². The maximum Gasteiger partial charge on any atom is 0.116 e. The van der Waals surface area contributed by atoms with Crippen molar-refractivity contribution in [2.24, 2.45) is 5.18 Å². The molecular weight excluding hydrogens is 186 g/mol. The first-order valence-electron chi connectivity index (χ1n) is 4.93. The highest BCUT2D eigenvalue weighted by Crippen LogP contribution is 2.42. The topological polar surface area (TPSA) is 29.4 Å². The van der Waals surface area contributed by atoms with E-state index in [1.807, 2.05) is 18.2 Å². The minimum absolute atomic E-state index is 0.553. The molecule has 0 spiro atoms. The van der Waals surface area contributed by atoms with Crippen molar-refractivity contribution in [3.8, 4) is 11.1 Å². The van der Waals surface area contributed by atoms with Crippen molar-refractivity contribution in [3.05, 3.63) is 58.5 Å². The third-order valence-electron chi connectivity index (χ3n) is 2.89. The molecule has 0 heterocycles. The van der Waals surface area contributed by atoms with Gasteiger partial charge < -0.3 is 0 Å². The lowest BCUT2D eigenvalue weighted by Crippen LogP contribution is -1.78. The molecule has 0 unspecified atom stereocenters. The van der Waals surface area contributed by atoms with Gasteiger partial charge in [0.05, 0.1) is 0 Å². The van der Waals surface area contributed by atoms with Crippen molar-refractivity contribution < 1.29 is 0 Å². The molecule has 15 heavy (non-hydrogen) atoms. The van der Waals surface area contributed by atoms with Gasteiger partial charge in [0, 0.05) is 5.56 Å². The van der Waals surface area contributed by atoms with Crippen molar-refractivity contribution in [1.82, 2.24) is 0 Å². The number of nitroso groups, excluding NO2 is 1. The standard InChI is InChI=1S/C13H9NO/c15-14-12-7-3-5-10-8-9-4-1-2-6-11(9)13(10)12/h1-7H,8H2. The largest absolute Gasteiger partial charge is 0.145 e. The fourth-order valence-corrected chi connectivity index (χ4v) is 2.24. The Morgan fingerprint density at radius 1 is 0.933 bits per heavy atom. The van der Waals surface area contributed by atoms with E-state index in [0.717, 1.165) is 17.5 Å². The predicted octanol–water partition coefficient (Wildman–Crippen LogP) is 3.66. The molecule has 0 fully saturated rings. The van der Waals surface area contributed by atoms with Gasteiger partial charge in [-0.3, -0.25) is 0 Å². The van der Waals surface area contributed by atoms with E-state index < -0.39 is 0 Å².